The highest BCUT2D eigenvalue weighted by molar-refractivity contribution is 5.93. The smallest absolute Gasteiger partial charge is 0.339 e. The minimum Gasteiger partial charge on any atom is -0.478 e. The number of carbonyl (C=O) groups is 2. The molecule has 0 spiro atoms. The van der Waals surface area contributed by atoms with E-state index >= 15 is 0 Å². The molecule has 6 nitrogen and oxygen atoms in total. The van der Waals surface area contributed by atoms with Gasteiger partial charge in [-0.05, 0) is 26.8 Å². The van der Waals surface area contributed by atoms with Crippen molar-refractivity contribution in [1.82, 2.24) is 9.88 Å². The number of carboxylic acid groups (broad SMARTS) is 1. The number of aromatic carboxylic acids is 1. The normalized spacial score (nSPS) is 10.2. The van der Waals surface area contributed by atoms with Gasteiger partial charge in [0.15, 0.2) is 0 Å². The molecule has 1 rings (SSSR count). The van der Waals surface area contributed by atoms with Crippen LogP contribution in [0.4, 0.5) is 5.69 Å². The number of amides is 1. The van der Waals surface area contributed by atoms with E-state index in [-0.39, 0.29) is 11.5 Å². The lowest BCUT2D eigenvalue weighted by atomic mass is 10.2. The highest BCUT2D eigenvalue weighted by Crippen LogP contribution is 2.15. The molecule has 0 aliphatic rings. The molecule has 0 atom stereocenters. The molecule has 20 heavy (non-hydrogen) atoms. The average molecular weight is 279 g/mol. The topological polar surface area (TPSA) is 82.5 Å². The van der Waals surface area contributed by atoms with E-state index in [9.17, 15) is 9.59 Å². The summed E-state index contributed by atoms with van der Waals surface area (Å²) in [7, 11) is 0. The number of aromatic nitrogens is 1. The Hall–Kier alpha value is -2.11. The fourth-order valence-corrected chi connectivity index (χ4v) is 1.92. The van der Waals surface area contributed by atoms with Crippen LogP contribution in [0, 0.1) is 6.92 Å². The molecule has 1 amide bonds. The first kappa shape index (κ1) is 15.9. The molecule has 0 aromatic carbocycles. The van der Waals surface area contributed by atoms with Gasteiger partial charge in [0.25, 0.3) is 0 Å². The molecule has 1 aromatic heterocycles. The zero-order valence-corrected chi connectivity index (χ0v) is 12.1. The number of pyridine rings is 1. The van der Waals surface area contributed by atoms with Crippen molar-refractivity contribution in [3.63, 3.8) is 0 Å². The average Bonchev–Trinajstić information content (AvgIpc) is 2.39. The second-order valence-electron chi connectivity index (χ2n) is 4.42. The molecular weight excluding hydrogens is 258 g/mol. The summed E-state index contributed by atoms with van der Waals surface area (Å²) in [5.41, 5.74) is 1.34. The highest BCUT2D eigenvalue weighted by Gasteiger charge is 2.12. The van der Waals surface area contributed by atoms with Gasteiger partial charge in [-0.3, -0.25) is 9.78 Å². The molecule has 1 heterocycles. The van der Waals surface area contributed by atoms with Gasteiger partial charge < -0.3 is 15.3 Å². The van der Waals surface area contributed by atoms with Gasteiger partial charge in [-0.2, -0.15) is 0 Å². The Balaban J connectivity index is 2.64. The molecule has 6 heteroatoms. The Bertz CT molecular complexity index is 485. The molecular formula is C14H21N3O3. The van der Waals surface area contributed by atoms with E-state index in [2.05, 4.69) is 10.3 Å². The molecule has 0 bridgehead atoms. The molecule has 2 N–H and O–H groups in total. The molecule has 1 aromatic rings. The fraction of sp³-hybridized carbons (Fsp3) is 0.500. The molecule has 0 saturated carbocycles. The first-order valence-electron chi connectivity index (χ1n) is 6.71. The number of carboxylic acids is 1. The maximum absolute atomic E-state index is 11.8. The van der Waals surface area contributed by atoms with Crippen LogP contribution in [0.3, 0.4) is 0 Å². The number of rotatable bonds is 7. The van der Waals surface area contributed by atoms with Crippen LogP contribution in [0.15, 0.2) is 12.3 Å². The van der Waals surface area contributed by atoms with Crippen LogP contribution in [-0.2, 0) is 4.79 Å². The third-order valence-corrected chi connectivity index (χ3v) is 3.04. The number of aryl methyl sites for hydroxylation is 1. The third kappa shape index (κ3) is 4.22. The van der Waals surface area contributed by atoms with Crippen molar-refractivity contribution in [2.75, 3.05) is 25.0 Å². The first-order chi connectivity index (χ1) is 9.49. The molecule has 0 aliphatic heterocycles. The summed E-state index contributed by atoms with van der Waals surface area (Å²) >= 11 is 0. The molecule has 0 fully saturated rings. The number of nitrogens with zero attached hydrogens (tertiary/aromatic N) is 2. The Morgan fingerprint density at radius 1 is 1.35 bits per heavy atom. The van der Waals surface area contributed by atoms with E-state index in [1.165, 1.54) is 6.20 Å². The summed E-state index contributed by atoms with van der Waals surface area (Å²) in [5.74, 6) is -0.972. The molecule has 110 valence electrons. The van der Waals surface area contributed by atoms with Gasteiger partial charge in [-0.25, -0.2) is 4.79 Å². The quantitative estimate of drug-likeness (QED) is 0.794. The van der Waals surface area contributed by atoms with Crippen molar-refractivity contribution in [3.8, 4) is 0 Å². The van der Waals surface area contributed by atoms with E-state index in [0.717, 1.165) is 5.69 Å². The van der Waals surface area contributed by atoms with Crippen LogP contribution < -0.4 is 5.32 Å². The summed E-state index contributed by atoms with van der Waals surface area (Å²) in [6, 6.07) is 1.67. The lowest BCUT2D eigenvalue weighted by Gasteiger charge is -2.19. The number of anilines is 1. The van der Waals surface area contributed by atoms with E-state index in [4.69, 9.17) is 5.11 Å². The van der Waals surface area contributed by atoms with Crippen molar-refractivity contribution in [2.24, 2.45) is 0 Å². The molecule has 0 saturated heterocycles. The van der Waals surface area contributed by atoms with Crippen LogP contribution in [0.25, 0.3) is 0 Å². The summed E-state index contributed by atoms with van der Waals surface area (Å²) in [4.78, 5) is 28.6. The van der Waals surface area contributed by atoms with Crippen molar-refractivity contribution in [2.45, 2.75) is 27.2 Å². The van der Waals surface area contributed by atoms with Gasteiger partial charge in [0, 0.05) is 37.9 Å². The van der Waals surface area contributed by atoms with E-state index in [1.807, 2.05) is 13.8 Å². The minimum absolute atomic E-state index is 0.0603. The number of hydrogen-bond acceptors (Lipinski definition) is 4. The van der Waals surface area contributed by atoms with Crippen LogP contribution in [0.5, 0.6) is 0 Å². The van der Waals surface area contributed by atoms with Crippen molar-refractivity contribution in [1.29, 1.82) is 0 Å². The maximum atomic E-state index is 11.8. The number of nitrogens with one attached hydrogen (secondary N) is 1. The standard InChI is InChI=1S/C14H21N3O3/c1-4-17(5-2)13(18)6-7-15-12-8-10(3)16-9-11(12)14(19)20/h8-9H,4-7H2,1-3H3,(H,15,16)(H,19,20). The number of hydrogen-bond donors (Lipinski definition) is 2. The van der Waals surface area contributed by atoms with Crippen molar-refractivity contribution < 1.29 is 14.7 Å². The Labute approximate surface area is 118 Å². The molecule has 0 aliphatic carbocycles. The molecule has 0 unspecified atom stereocenters. The van der Waals surface area contributed by atoms with Crippen LogP contribution in [0.2, 0.25) is 0 Å². The van der Waals surface area contributed by atoms with Crippen LogP contribution in [-0.4, -0.2) is 46.5 Å². The zero-order chi connectivity index (χ0) is 15.1. The summed E-state index contributed by atoms with van der Waals surface area (Å²) in [6.07, 6.45) is 1.66. The van der Waals surface area contributed by atoms with E-state index in [1.54, 1.807) is 17.9 Å². The van der Waals surface area contributed by atoms with Gasteiger partial charge >= 0.3 is 5.97 Å². The van der Waals surface area contributed by atoms with Crippen molar-refractivity contribution in [3.05, 3.63) is 23.5 Å². The predicted molar refractivity (Wildman–Crippen MR) is 77.0 cm³/mol. The predicted octanol–water partition coefficient (Wildman–Crippen LogP) is 1.76. The molecule has 0 radical (unpaired) electrons. The maximum Gasteiger partial charge on any atom is 0.339 e. The van der Waals surface area contributed by atoms with Gasteiger partial charge in [0.05, 0.1) is 5.69 Å². The van der Waals surface area contributed by atoms with Crippen molar-refractivity contribution >= 4 is 17.6 Å². The minimum atomic E-state index is -1.03. The largest absolute Gasteiger partial charge is 0.478 e. The van der Waals surface area contributed by atoms with E-state index in [0.29, 0.717) is 31.7 Å². The first-order valence-corrected chi connectivity index (χ1v) is 6.71. The zero-order valence-electron chi connectivity index (χ0n) is 12.1. The second kappa shape index (κ2) is 7.47. The van der Waals surface area contributed by atoms with Gasteiger partial charge in [-0.1, -0.05) is 0 Å². The third-order valence-electron chi connectivity index (χ3n) is 3.04. The van der Waals surface area contributed by atoms with Crippen LogP contribution >= 0.6 is 0 Å². The highest BCUT2D eigenvalue weighted by atomic mass is 16.4. The second-order valence-corrected chi connectivity index (χ2v) is 4.42. The fourth-order valence-electron chi connectivity index (χ4n) is 1.92. The van der Waals surface area contributed by atoms with E-state index < -0.39 is 5.97 Å². The Morgan fingerprint density at radius 3 is 2.55 bits per heavy atom. The van der Waals surface area contributed by atoms with Gasteiger partial charge in [-0.15, -0.1) is 0 Å². The summed E-state index contributed by atoms with van der Waals surface area (Å²) in [6.45, 7) is 7.43. The number of carbonyl (C=O) groups excluding carboxylic acids is 1. The van der Waals surface area contributed by atoms with Crippen LogP contribution in [0.1, 0.15) is 36.3 Å². The SMILES string of the molecule is CCN(CC)C(=O)CCNc1cc(C)ncc1C(=O)O. The van der Waals surface area contributed by atoms with Gasteiger partial charge in [0.2, 0.25) is 5.91 Å². The summed E-state index contributed by atoms with van der Waals surface area (Å²) in [5, 5.41) is 12.1. The Morgan fingerprint density at radius 2 is 2.00 bits per heavy atom. The van der Waals surface area contributed by atoms with Gasteiger partial charge in [0.1, 0.15) is 5.56 Å². The monoisotopic (exact) mass is 279 g/mol. The Kier molecular flexibility index (Phi) is 5.96. The lowest BCUT2D eigenvalue weighted by Crippen LogP contribution is -2.31. The lowest BCUT2D eigenvalue weighted by molar-refractivity contribution is -0.130. The summed E-state index contributed by atoms with van der Waals surface area (Å²) < 4.78 is 0.